The number of pyridine rings is 1. The number of fused-ring (bicyclic) bond motifs is 1. The van der Waals surface area contributed by atoms with Crippen LogP contribution in [0.5, 0.6) is 0 Å². The molecule has 1 aliphatic heterocycles. The number of aryl methyl sites for hydroxylation is 1. The van der Waals surface area contributed by atoms with Crippen molar-refractivity contribution in [3.8, 4) is 11.8 Å². The molecule has 3 heterocycles. The summed E-state index contributed by atoms with van der Waals surface area (Å²) in [6.45, 7) is 5.94. The van der Waals surface area contributed by atoms with Crippen molar-refractivity contribution in [2.45, 2.75) is 19.4 Å². The van der Waals surface area contributed by atoms with E-state index >= 15 is 0 Å². The van der Waals surface area contributed by atoms with E-state index in [1.165, 1.54) is 22.0 Å². The first-order valence-corrected chi connectivity index (χ1v) is 9.20. The van der Waals surface area contributed by atoms with E-state index in [1.54, 1.807) is 0 Å². The zero-order valence-corrected chi connectivity index (χ0v) is 15.1. The van der Waals surface area contributed by atoms with Gasteiger partial charge in [0.1, 0.15) is 5.69 Å². The molecule has 0 spiro atoms. The van der Waals surface area contributed by atoms with Gasteiger partial charge in [-0.25, -0.2) is 4.98 Å². The molecule has 1 fully saturated rings. The largest absolute Gasteiger partial charge is 0.361 e. The Labute approximate surface area is 154 Å². The predicted octanol–water partition coefficient (Wildman–Crippen LogP) is 2.74. The van der Waals surface area contributed by atoms with Gasteiger partial charge in [0.2, 0.25) is 0 Å². The van der Waals surface area contributed by atoms with E-state index in [-0.39, 0.29) is 0 Å². The van der Waals surface area contributed by atoms with Crippen LogP contribution < -0.4 is 5.32 Å². The Morgan fingerprint density at radius 2 is 2.19 bits per heavy atom. The minimum absolute atomic E-state index is 0.460. The molecule has 0 bridgehead atoms. The summed E-state index contributed by atoms with van der Waals surface area (Å²) >= 11 is 0. The summed E-state index contributed by atoms with van der Waals surface area (Å²) in [6, 6.07) is 13.0. The Balaban J connectivity index is 1.37. The molecule has 2 aromatic heterocycles. The molecule has 26 heavy (non-hydrogen) atoms. The first-order chi connectivity index (χ1) is 12.8. The molecular formula is C22H24N4. The molecule has 1 aliphatic rings. The third kappa shape index (κ3) is 3.96. The predicted molar refractivity (Wildman–Crippen MR) is 106 cm³/mol. The Hall–Kier alpha value is -2.61. The Bertz CT molecular complexity index is 947. The molecule has 1 saturated heterocycles. The topological polar surface area (TPSA) is 44.0 Å². The Kier molecular flexibility index (Phi) is 5.01. The molecule has 0 aliphatic carbocycles. The summed E-state index contributed by atoms with van der Waals surface area (Å²) in [5.74, 6) is 6.48. The van der Waals surface area contributed by atoms with Crippen LogP contribution in [0.25, 0.3) is 10.9 Å². The second kappa shape index (κ2) is 7.74. The van der Waals surface area contributed by atoms with Gasteiger partial charge in [0.15, 0.2) is 0 Å². The van der Waals surface area contributed by atoms with Crippen molar-refractivity contribution in [2.75, 3.05) is 26.2 Å². The van der Waals surface area contributed by atoms with Gasteiger partial charge in [0.05, 0.1) is 6.54 Å². The van der Waals surface area contributed by atoms with Gasteiger partial charge in [-0.15, -0.1) is 0 Å². The van der Waals surface area contributed by atoms with Crippen molar-refractivity contribution in [1.82, 2.24) is 20.2 Å². The van der Waals surface area contributed by atoms with Gasteiger partial charge >= 0.3 is 0 Å². The van der Waals surface area contributed by atoms with Crippen molar-refractivity contribution in [3.05, 3.63) is 65.6 Å². The maximum Gasteiger partial charge on any atom is 0.113 e. The number of nitrogens with zero attached hydrogens (tertiary/aromatic N) is 2. The molecule has 0 saturated carbocycles. The molecule has 1 aromatic carbocycles. The van der Waals surface area contributed by atoms with Gasteiger partial charge in [-0.1, -0.05) is 24.1 Å². The fourth-order valence-corrected chi connectivity index (χ4v) is 3.59. The maximum absolute atomic E-state index is 4.31. The van der Waals surface area contributed by atoms with E-state index in [4.69, 9.17) is 0 Å². The highest BCUT2D eigenvalue weighted by molar-refractivity contribution is 5.83. The normalized spacial score (nSPS) is 17.8. The van der Waals surface area contributed by atoms with Crippen molar-refractivity contribution in [1.29, 1.82) is 0 Å². The monoisotopic (exact) mass is 344 g/mol. The van der Waals surface area contributed by atoms with Gasteiger partial charge in [-0.2, -0.15) is 0 Å². The fraction of sp³-hybridized carbons (Fsp3) is 0.318. The molecule has 0 amide bonds. The molecule has 0 radical (unpaired) electrons. The third-order valence-corrected chi connectivity index (χ3v) is 4.92. The standard InChI is InChI=1S/C22H24N4/c1-17-8-9-23-19(13-17)5-4-11-26-12-10-24-20(16-26)14-18-15-25-22-7-3-2-6-21(18)22/h2-3,6-9,13,15,20,24-25H,10-12,14,16H2,1H3. The number of hydrogen-bond donors (Lipinski definition) is 2. The maximum atomic E-state index is 4.31. The molecule has 3 aromatic rings. The zero-order valence-electron chi connectivity index (χ0n) is 15.1. The van der Waals surface area contributed by atoms with Crippen LogP contribution >= 0.6 is 0 Å². The molecule has 4 nitrogen and oxygen atoms in total. The number of rotatable bonds is 3. The van der Waals surface area contributed by atoms with Crippen molar-refractivity contribution in [2.24, 2.45) is 0 Å². The van der Waals surface area contributed by atoms with Crippen molar-refractivity contribution in [3.63, 3.8) is 0 Å². The summed E-state index contributed by atoms with van der Waals surface area (Å²) in [5, 5.41) is 4.98. The van der Waals surface area contributed by atoms with E-state index < -0.39 is 0 Å². The lowest BCUT2D eigenvalue weighted by Gasteiger charge is -2.32. The van der Waals surface area contributed by atoms with Crippen LogP contribution in [0.15, 0.2) is 48.8 Å². The molecule has 1 unspecified atom stereocenters. The van der Waals surface area contributed by atoms with Crippen LogP contribution in [0.3, 0.4) is 0 Å². The number of aromatic nitrogens is 2. The van der Waals surface area contributed by atoms with E-state index in [0.29, 0.717) is 6.04 Å². The number of piperazine rings is 1. The van der Waals surface area contributed by atoms with Gasteiger partial charge in [-0.05, 0) is 48.6 Å². The summed E-state index contributed by atoms with van der Waals surface area (Å²) in [7, 11) is 0. The van der Waals surface area contributed by atoms with Gasteiger partial charge < -0.3 is 10.3 Å². The minimum atomic E-state index is 0.460. The second-order valence-corrected chi connectivity index (χ2v) is 6.97. The van der Waals surface area contributed by atoms with Gasteiger partial charge in [-0.3, -0.25) is 4.90 Å². The van der Waals surface area contributed by atoms with Crippen LogP contribution in [-0.4, -0.2) is 47.1 Å². The zero-order chi connectivity index (χ0) is 17.8. The van der Waals surface area contributed by atoms with Crippen molar-refractivity contribution >= 4 is 10.9 Å². The highest BCUT2D eigenvalue weighted by atomic mass is 15.2. The molecule has 4 rings (SSSR count). The number of nitrogens with one attached hydrogen (secondary N) is 2. The van der Waals surface area contributed by atoms with E-state index in [9.17, 15) is 0 Å². The Morgan fingerprint density at radius 3 is 3.12 bits per heavy atom. The van der Waals surface area contributed by atoms with Crippen LogP contribution in [0.1, 0.15) is 16.8 Å². The van der Waals surface area contributed by atoms with Crippen LogP contribution in [-0.2, 0) is 6.42 Å². The fourth-order valence-electron chi connectivity index (χ4n) is 3.59. The average Bonchev–Trinajstić information content (AvgIpc) is 3.05. The number of hydrogen-bond acceptors (Lipinski definition) is 3. The second-order valence-electron chi connectivity index (χ2n) is 6.97. The number of H-pyrrole nitrogens is 1. The van der Waals surface area contributed by atoms with Crippen LogP contribution in [0, 0.1) is 18.8 Å². The average molecular weight is 344 g/mol. The number of aromatic amines is 1. The van der Waals surface area contributed by atoms with E-state index in [0.717, 1.165) is 38.3 Å². The highest BCUT2D eigenvalue weighted by Crippen LogP contribution is 2.19. The van der Waals surface area contributed by atoms with Crippen LogP contribution in [0.2, 0.25) is 0 Å². The molecule has 132 valence electrons. The lowest BCUT2D eigenvalue weighted by atomic mass is 10.0. The smallest absolute Gasteiger partial charge is 0.113 e. The lowest BCUT2D eigenvalue weighted by molar-refractivity contribution is 0.220. The molecular weight excluding hydrogens is 320 g/mol. The summed E-state index contributed by atoms with van der Waals surface area (Å²) in [4.78, 5) is 10.1. The lowest BCUT2D eigenvalue weighted by Crippen LogP contribution is -2.51. The number of para-hydroxylation sites is 1. The Morgan fingerprint density at radius 1 is 1.27 bits per heavy atom. The number of benzene rings is 1. The summed E-state index contributed by atoms with van der Waals surface area (Å²) in [5.41, 5.74) is 4.66. The molecule has 1 atom stereocenters. The van der Waals surface area contributed by atoms with Crippen molar-refractivity contribution < 1.29 is 0 Å². The summed E-state index contributed by atoms with van der Waals surface area (Å²) in [6.07, 6.45) is 5.00. The van der Waals surface area contributed by atoms with E-state index in [2.05, 4.69) is 69.4 Å². The quantitative estimate of drug-likeness (QED) is 0.718. The highest BCUT2D eigenvalue weighted by Gasteiger charge is 2.19. The molecule has 2 N–H and O–H groups in total. The third-order valence-electron chi connectivity index (χ3n) is 4.92. The van der Waals surface area contributed by atoms with E-state index in [1.807, 2.05) is 18.3 Å². The first kappa shape index (κ1) is 16.8. The minimum Gasteiger partial charge on any atom is -0.361 e. The summed E-state index contributed by atoms with van der Waals surface area (Å²) < 4.78 is 0. The van der Waals surface area contributed by atoms with Crippen LogP contribution in [0.4, 0.5) is 0 Å². The molecule has 4 heteroatoms. The van der Waals surface area contributed by atoms with Gasteiger partial charge in [0, 0.05) is 49.0 Å². The first-order valence-electron chi connectivity index (χ1n) is 9.20. The van der Waals surface area contributed by atoms with Gasteiger partial charge in [0.25, 0.3) is 0 Å². The SMILES string of the molecule is Cc1ccnc(C#CCN2CCNC(Cc3c[nH]c4ccccc34)C2)c1.